The second-order valence-electron chi connectivity index (χ2n) is 8.22. The topological polar surface area (TPSA) is 87.5 Å². The number of aromatic nitrogens is 2. The van der Waals surface area contributed by atoms with Crippen molar-refractivity contribution in [2.24, 2.45) is 7.05 Å². The maximum absolute atomic E-state index is 12.5. The molecular weight excluding hydrogens is 426 g/mol. The van der Waals surface area contributed by atoms with E-state index in [1.807, 2.05) is 43.9 Å². The molecule has 8 nitrogen and oxygen atoms in total. The van der Waals surface area contributed by atoms with Gasteiger partial charge >= 0.3 is 0 Å². The van der Waals surface area contributed by atoms with Gasteiger partial charge in [0, 0.05) is 40.5 Å². The summed E-state index contributed by atoms with van der Waals surface area (Å²) in [6.07, 6.45) is 0.764. The number of hydrogen-bond acceptors (Lipinski definition) is 5. The van der Waals surface area contributed by atoms with E-state index in [0.29, 0.717) is 24.9 Å². The number of likely N-dealkylation sites (N-methyl/N-ethyl adjacent to an activating group) is 1. The highest BCUT2D eigenvalue weighted by Crippen LogP contribution is 2.22. The minimum absolute atomic E-state index is 0.0456. The minimum Gasteiger partial charge on any atom is -0.354 e. The Morgan fingerprint density at radius 1 is 1.09 bits per heavy atom. The van der Waals surface area contributed by atoms with Crippen LogP contribution in [-0.4, -0.2) is 67.8 Å². The molecule has 0 aliphatic carbocycles. The molecule has 3 rings (SSSR count). The number of carbonyl (C=O) groups is 1. The van der Waals surface area contributed by atoms with E-state index < -0.39 is 10.0 Å². The summed E-state index contributed by atoms with van der Waals surface area (Å²) in [5, 5.41) is 3.03. The van der Waals surface area contributed by atoms with E-state index >= 15 is 0 Å². The summed E-state index contributed by atoms with van der Waals surface area (Å²) in [5.41, 5.74) is 2.58. The Morgan fingerprint density at radius 2 is 1.78 bits per heavy atom. The van der Waals surface area contributed by atoms with Crippen molar-refractivity contribution < 1.29 is 13.2 Å². The van der Waals surface area contributed by atoms with Crippen molar-refractivity contribution in [3.63, 3.8) is 0 Å². The fraction of sp³-hybridized carbons (Fsp3) is 0.391. The fourth-order valence-corrected chi connectivity index (χ4v) is 4.54. The van der Waals surface area contributed by atoms with Crippen LogP contribution in [0.1, 0.15) is 23.9 Å². The van der Waals surface area contributed by atoms with E-state index in [-0.39, 0.29) is 16.8 Å². The van der Waals surface area contributed by atoms with Gasteiger partial charge in [0.2, 0.25) is 15.9 Å². The van der Waals surface area contributed by atoms with Crippen molar-refractivity contribution in [2.75, 3.05) is 34.7 Å². The molecule has 0 unspecified atom stereocenters. The Labute approximate surface area is 189 Å². The minimum atomic E-state index is -3.53. The number of fused-ring (bicyclic) bond motifs is 1. The lowest BCUT2D eigenvalue weighted by atomic mass is 10.1. The number of benzene rings is 2. The molecule has 0 radical (unpaired) electrons. The van der Waals surface area contributed by atoms with Crippen LogP contribution in [0.15, 0.2) is 53.4 Å². The van der Waals surface area contributed by atoms with Crippen LogP contribution in [0.25, 0.3) is 11.0 Å². The molecule has 172 valence electrons. The lowest BCUT2D eigenvalue weighted by Gasteiger charge is -2.25. The summed E-state index contributed by atoms with van der Waals surface area (Å²) < 4.78 is 27.9. The first-order chi connectivity index (χ1) is 15.1. The maximum atomic E-state index is 12.5. The molecule has 0 fully saturated rings. The Kier molecular flexibility index (Phi) is 7.33. The number of carbonyl (C=O) groups excluding carboxylic acids is 1. The van der Waals surface area contributed by atoms with E-state index in [1.165, 1.54) is 18.4 Å². The number of hydrogen-bond donors (Lipinski definition) is 1. The van der Waals surface area contributed by atoms with Gasteiger partial charge in [0.05, 0.1) is 22.0 Å². The zero-order chi connectivity index (χ0) is 23.5. The highest BCUT2D eigenvalue weighted by atomic mass is 32.2. The molecule has 1 heterocycles. The van der Waals surface area contributed by atoms with Gasteiger partial charge in [-0.25, -0.2) is 17.7 Å². The highest BCUT2D eigenvalue weighted by molar-refractivity contribution is 7.89. The lowest BCUT2D eigenvalue weighted by molar-refractivity contribution is -0.121. The van der Waals surface area contributed by atoms with E-state index in [1.54, 1.807) is 18.2 Å². The van der Waals surface area contributed by atoms with E-state index in [0.717, 1.165) is 16.9 Å². The van der Waals surface area contributed by atoms with Gasteiger partial charge in [0.1, 0.15) is 5.82 Å². The summed E-state index contributed by atoms with van der Waals surface area (Å²) in [5.74, 6) is 0.692. The van der Waals surface area contributed by atoms with Crippen molar-refractivity contribution >= 4 is 27.0 Å². The third kappa shape index (κ3) is 5.17. The van der Waals surface area contributed by atoms with Crippen molar-refractivity contribution in [2.45, 2.75) is 23.8 Å². The Balaban J connectivity index is 1.66. The van der Waals surface area contributed by atoms with E-state index in [4.69, 9.17) is 0 Å². The number of rotatable bonds is 9. The van der Waals surface area contributed by atoms with Gasteiger partial charge in [0.15, 0.2) is 0 Å². The van der Waals surface area contributed by atoms with Crippen LogP contribution in [0.5, 0.6) is 0 Å². The van der Waals surface area contributed by atoms with Gasteiger partial charge < -0.3 is 14.8 Å². The molecule has 0 aliphatic rings. The lowest BCUT2D eigenvalue weighted by Crippen LogP contribution is -2.34. The van der Waals surface area contributed by atoms with Gasteiger partial charge in [-0.3, -0.25) is 4.79 Å². The third-order valence-corrected chi connectivity index (χ3v) is 7.41. The number of nitrogens with one attached hydrogen (secondary N) is 1. The molecule has 9 heteroatoms. The molecule has 0 saturated carbocycles. The molecule has 1 N–H and O–H groups in total. The predicted molar refractivity (Wildman–Crippen MR) is 126 cm³/mol. The predicted octanol–water partition coefficient (Wildman–Crippen LogP) is 2.18. The molecule has 2 aromatic carbocycles. The van der Waals surface area contributed by atoms with Crippen molar-refractivity contribution in [1.82, 2.24) is 24.1 Å². The zero-order valence-corrected chi connectivity index (χ0v) is 20.1. The smallest absolute Gasteiger partial charge is 0.242 e. The molecule has 1 amide bonds. The number of imidazole rings is 1. The quantitative estimate of drug-likeness (QED) is 0.532. The molecule has 1 atom stereocenters. The van der Waals surface area contributed by atoms with Crippen LogP contribution in [-0.2, 0) is 28.3 Å². The van der Waals surface area contributed by atoms with Crippen LogP contribution < -0.4 is 5.32 Å². The number of amides is 1. The van der Waals surface area contributed by atoms with Crippen molar-refractivity contribution in [3.05, 3.63) is 59.9 Å². The number of sulfonamides is 1. The molecule has 3 aromatic rings. The highest BCUT2D eigenvalue weighted by Gasteiger charge is 2.20. The van der Waals surface area contributed by atoms with Crippen LogP contribution in [0.3, 0.4) is 0 Å². The van der Waals surface area contributed by atoms with Gasteiger partial charge in [-0.2, -0.15) is 0 Å². The normalized spacial score (nSPS) is 13.1. The van der Waals surface area contributed by atoms with Gasteiger partial charge in [-0.05, 0) is 37.9 Å². The molecule has 0 bridgehead atoms. The Bertz CT molecular complexity index is 1190. The van der Waals surface area contributed by atoms with E-state index in [9.17, 15) is 13.2 Å². The monoisotopic (exact) mass is 457 g/mol. The second kappa shape index (κ2) is 9.81. The molecule has 0 aliphatic heterocycles. The standard InChI is InChI=1S/C23H31N5O3S/c1-26(2)21(17-9-7-6-8-10-17)16-24-23(29)14-13-22-25-19-15-18(32(30,31)27(3)4)11-12-20(19)28(22)5/h6-12,15,21H,13-14,16H2,1-5H3,(H,24,29)/t21-/m0/s1. The van der Waals surface area contributed by atoms with Crippen molar-refractivity contribution in [1.29, 1.82) is 0 Å². The number of aryl methyl sites for hydroxylation is 2. The van der Waals surface area contributed by atoms with Crippen LogP contribution >= 0.6 is 0 Å². The van der Waals surface area contributed by atoms with Gasteiger partial charge in [-0.15, -0.1) is 0 Å². The largest absolute Gasteiger partial charge is 0.354 e. The third-order valence-electron chi connectivity index (χ3n) is 5.60. The van der Waals surface area contributed by atoms with E-state index in [2.05, 4.69) is 27.3 Å². The molecule has 0 saturated heterocycles. The first-order valence-electron chi connectivity index (χ1n) is 10.5. The number of nitrogens with zero attached hydrogens (tertiary/aromatic N) is 4. The Hall–Kier alpha value is -2.75. The van der Waals surface area contributed by atoms with Crippen LogP contribution in [0, 0.1) is 0 Å². The molecule has 1 aromatic heterocycles. The van der Waals surface area contributed by atoms with Crippen LogP contribution in [0.4, 0.5) is 0 Å². The van der Waals surface area contributed by atoms with Gasteiger partial charge in [0.25, 0.3) is 0 Å². The average molecular weight is 458 g/mol. The maximum Gasteiger partial charge on any atom is 0.242 e. The first kappa shape index (κ1) is 23.9. The molecule has 0 spiro atoms. The summed E-state index contributed by atoms with van der Waals surface area (Å²) in [6.45, 7) is 0.518. The fourth-order valence-electron chi connectivity index (χ4n) is 3.62. The second-order valence-corrected chi connectivity index (χ2v) is 10.4. The van der Waals surface area contributed by atoms with Crippen molar-refractivity contribution in [3.8, 4) is 0 Å². The summed E-state index contributed by atoms with van der Waals surface area (Å²) in [6, 6.07) is 15.1. The summed E-state index contributed by atoms with van der Waals surface area (Å²) in [4.78, 5) is 19.4. The van der Waals surface area contributed by atoms with Crippen LogP contribution in [0.2, 0.25) is 0 Å². The van der Waals surface area contributed by atoms with Gasteiger partial charge in [-0.1, -0.05) is 30.3 Å². The SMILES string of the molecule is CN(C)[C@@H](CNC(=O)CCc1nc2cc(S(=O)(=O)N(C)C)ccc2n1C)c1ccccc1. The summed E-state index contributed by atoms with van der Waals surface area (Å²) in [7, 11) is 5.34. The molecular formula is C23H31N5O3S. The first-order valence-corrected chi connectivity index (χ1v) is 11.9. The summed E-state index contributed by atoms with van der Waals surface area (Å²) >= 11 is 0. The average Bonchev–Trinajstić information content (AvgIpc) is 3.07. The Morgan fingerprint density at radius 3 is 2.41 bits per heavy atom. The zero-order valence-electron chi connectivity index (χ0n) is 19.2. The molecule has 32 heavy (non-hydrogen) atoms.